The van der Waals surface area contributed by atoms with Gasteiger partial charge in [-0.2, -0.15) is 4.68 Å². The average Bonchev–Trinajstić information content (AvgIpc) is 3.75. The third-order valence-corrected chi connectivity index (χ3v) is 7.94. The molecule has 0 aliphatic rings. The topological polar surface area (TPSA) is 155 Å². The first kappa shape index (κ1) is 28.8. The summed E-state index contributed by atoms with van der Waals surface area (Å²) in [6.07, 6.45) is 4.61. The maximum atomic E-state index is 13.5. The summed E-state index contributed by atoms with van der Waals surface area (Å²) in [6.45, 7) is 0.479. The van der Waals surface area contributed by atoms with Gasteiger partial charge in [0.15, 0.2) is 5.69 Å². The summed E-state index contributed by atoms with van der Waals surface area (Å²) in [5, 5.41) is 25.7. The molecule has 0 saturated carbocycles. The highest BCUT2D eigenvalue weighted by molar-refractivity contribution is 7.17. The van der Waals surface area contributed by atoms with Crippen molar-refractivity contribution in [3.63, 3.8) is 0 Å². The van der Waals surface area contributed by atoms with Gasteiger partial charge in [0.05, 0.1) is 17.6 Å². The van der Waals surface area contributed by atoms with Gasteiger partial charge in [-0.15, -0.1) is 21.6 Å². The van der Waals surface area contributed by atoms with E-state index < -0.39 is 11.5 Å². The molecule has 0 spiro atoms. The maximum absolute atomic E-state index is 13.5. The molecule has 214 valence electrons. The number of amides is 1. The molecular weight excluding hydrogens is 574 g/mol. The highest BCUT2D eigenvalue weighted by Crippen LogP contribution is 2.30. The van der Waals surface area contributed by atoms with E-state index in [0.29, 0.717) is 28.7 Å². The van der Waals surface area contributed by atoms with Gasteiger partial charge in [-0.25, -0.2) is 9.97 Å². The van der Waals surface area contributed by atoms with Gasteiger partial charge in [0.1, 0.15) is 4.88 Å². The van der Waals surface area contributed by atoms with Gasteiger partial charge >= 0.3 is 11.5 Å². The zero-order valence-electron chi connectivity index (χ0n) is 22.4. The summed E-state index contributed by atoms with van der Waals surface area (Å²) in [4.78, 5) is 45.8. The first-order valence-corrected chi connectivity index (χ1v) is 15.0. The standard InChI is InChI=1S/C29H27N7O4S2/c37-23(38)15-9-1-2-10-16-30-26(39)22-17-31-28(42-22)34-33-25-24(20-13-7-4-8-14-20)35-36(27(25)40)29-32-21(18-41-29)19-11-5-3-6-12-19/h3-8,11-14,17-18,35H,1-2,9-10,15-16H2,(H,30,39)(H,37,38). The van der Waals surface area contributed by atoms with E-state index in [-0.39, 0.29) is 23.1 Å². The Bertz CT molecular complexity index is 1740. The van der Waals surface area contributed by atoms with Crippen molar-refractivity contribution in [1.82, 2.24) is 25.1 Å². The lowest BCUT2D eigenvalue weighted by Crippen LogP contribution is -2.23. The molecule has 13 heteroatoms. The van der Waals surface area contributed by atoms with E-state index in [2.05, 4.69) is 30.6 Å². The summed E-state index contributed by atoms with van der Waals surface area (Å²) >= 11 is 2.40. The SMILES string of the molecule is O=C(O)CCCCCCNC(=O)c1cnc(N=Nc2c(-c3ccccc3)[nH]n(-c3nc(-c4ccccc4)cs3)c2=O)s1. The fraction of sp³-hybridized carbons (Fsp3) is 0.207. The number of aliphatic carboxylic acids is 1. The van der Waals surface area contributed by atoms with Crippen LogP contribution >= 0.6 is 22.7 Å². The quantitative estimate of drug-likeness (QED) is 0.102. The Hall–Kier alpha value is -4.75. The Kier molecular flexibility index (Phi) is 9.41. The molecule has 0 saturated heterocycles. The normalized spacial score (nSPS) is 11.2. The minimum Gasteiger partial charge on any atom is -0.481 e. The summed E-state index contributed by atoms with van der Waals surface area (Å²) in [5.74, 6) is -1.07. The molecule has 3 N–H and O–H groups in total. The Labute approximate surface area is 248 Å². The Balaban J connectivity index is 1.31. The van der Waals surface area contributed by atoms with E-state index >= 15 is 0 Å². The summed E-state index contributed by atoms with van der Waals surface area (Å²) in [7, 11) is 0. The highest BCUT2D eigenvalue weighted by Gasteiger charge is 2.19. The van der Waals surface area contributed by atoms with Crippen molar-refractivity contribution in [2.75, 3.05) is 6.54 Å². The molecular formula is C29H27N7O4S2. The lowest BCUT2D eigenvalue weighted by molar-refractivity contribution is -0.137. The van der Waals surface area contributed by atoms with Crippen LogP contribution in [0.15, 0.2) is 87.3 Å². The fourth-order valence-electron chi connectivity index (χ4n) is 4.12. The second kappa shape index (κ2) is 13.7. The minimum absolute atomic E-state index is 0.0989. The molecule has 11 nitrogen and oxygen atoms in total. The van der Waals surface area contributed by atoms with E-state index in [9.17, 15) is 14.4 Å². The van der Waals surface area contributed by atoms with Gasteiger partial charge in [0.2, 0.25) is 10.3 Å². The lowest BCUT2D eigenvalue weighted by Gasteiger charge is -2.02. The average molecular weight is 602 g/mol. The Morgan fingerprint density at radius 1 is 0.952 bits per heavy atom. The van der Waals surface area contributed by atoms with Crippen molar-refractivity contribution in [3.05, 3.63) is 87.5 Å². The first-order chi connectivity index (χ1) is 20.5. The molecule has 0 bridgehead atoms. The Morgan fingerprint density at radius 2 is 1.67 bits per heavy atom. The fourth-order valence-corrected chi connectivity index (χ4v) is 5.57. The molecule has 3 heterocycles. The van der Waals surface area contributed by atoms with Crippen molar-refractivity contribution in [1.29, 1.82) is 0 Å². The van der Waals surface area contributed by atoms with Crippen LogP contribution in [0.25, 0.3) is 27.6 Å². The number of aromatic nitrogens is 4. The molecule has 5 rings (SSSR count). The number of azo groups is 1. The predicted octanol–water partition coefficient (Wildman–Crippen LogP) is 6.59. The number of thiazole rings is 2. The Morgan fingerprint density at radius 3 is 2.40 bits per heavy atom. The first-order valence-electron chi connectivity index (χ1n) is 13.3. The van der Waals surface area contributed by atoms with Gasteiger partial charge in [0, 0.05) is 29.5 Å². The summed E-state index contributed by atoms with van der Waals surface area (Å²) in [5.41, 5.74) is 2.63. The second-order valence-electron chi connectivity index (χ2n) is 9.24. The highest BCUT2D eigenvalue weighted by atomic mass is 32.1. The molecule has 0 fully saturated rings. The largest absolute Gasteiger partial charge is 0.481 e. The van der Waals surface area contributed by atoms with E-state index in [0.717, 1.165) is 47.4 Å². The molecule has 5 aromatic rings. The van der Waals surface area contributed by atoms with Crippen LogP contribution in [-0.2, 0) is 4.79 Å². The van der Waals surface area contributed by atoms with Gasteiger partial charge < -0.3 is 10.4 Å². The molecule has 0 radical (unpaired) electrons. The zero-order valence-corrected chi connectivity index (χ0v) is 24.0. The molecule has 3 aromatic heterocycles. The number of aromatic amines is 1. The van der Waals surface area contributed by atoms with E-state index in [1.54, 1.807) is 0 Å². The number of hydrogen-bond donors (Lipinski definition) is 3. The number of carbonyl (C=O) groups is 2. The van der Waals surface area contributed by atoms with Crippen LogP contribution in [0.5, 0.6) is 0 Å². The number of hydrogen-bond acceptors (Lipinski definition) is 9. The maximum Gasteiger partial charge on any atom is 0.303 e. The summed E-state index contributed by atoms with van der Waals surface area (Å²) < 4.78 is 1.36. The van der Waals surface area contributed by atoms with Crippen LogP contribution < -0.4 is 10.9 Å². The number of unbranched alkanes of at least 4 members (excludes halogenated alkanes) is 3. The smallest absolute Gasteiger partial charge is 0.303 e. The van der Waals surface area contributed by atoms with Gasteiger partial charge in [0.25, 0.3) is 5.91 Å². The van der Waals surface area contributed by atoms with E-state index in [1.165, 1.54) is 22.2 Å². The number of carboxylic acid groups (broad SMARTS) is 1. The van der Waals surface area contributed by atoms with Crippen LogP contribution in [0.2, 0.25) is 0 Å². The van der Waals surface area contributed by atoms with E-state index in [1.807, 2.05) is 66.0 Å². The van der Waals surface area contributed by atoms with Crippen LogP contribution in [0.1, 0.15) is 41.8 Å². The number of H-pyrrole nitrogens is 1. The van der Waals surface area contributed by atoms with Crippen LogP contribution in [0.3, 0.4) is 0 Å². The summed E-state index contributed by atoms with van der Waals surface area (Å²) in [6, 6.07) is 19.1. The lowest BCUT2D eigenvalue weighted by atomic mass is 10.1. The third kappa shape index (κ3) is 7.11. The zero-order chi connectivity index (χ0) is 29.3. The molecule has 0 unspecified atom stereocenters. The molecule has 0 aliphatic carbocycles. The van der Waals surface area contributed by atoms with Crippen molar-refractivity contribution < 1.29 is 14.7 Å². The number of benzene rings is 2. The van der Waals surface area contributed by atoms with Crippen LogP contribution in [0.4, 0.5) is 10.8 Å². The predicted molar refractivity (Wildman–Crippen MR) is 162 cm³/mol. The van der Waals surface area contributed by atoms with Crippen molar-refractivity contribution in [3.8, 4) is 27.6 Å². The number of nitrogens with zero attached hydrogens (tertiary/aromatic N) is 5. The minimum atomic E-state index is -0.795. The molecule has 0 aliphatic heterocycles. The van der Waals surface area contributed by atoms with Crippen LogP contribution in [-0.4, -0.2) is 43.3 Å². The van der Waals surface area contributed by atoms with Crippen LogP contribution in [0, 0.1) is 0 Å². The number of nitrogens with one attached hydrogen (secondary N) is 2. The van der Waals surface area contributed by atoms with Gasteiger partial charge in [-0.3, -0.25) is 19.5 Å². The molecule has 42 heavy (non-hydrogen) atoms. The third-order valence-electron chi connectivity index (χ3n) is 6.24. The molecule has 2 aromatic carbocycles. The number of carbonyl (C=O) groups excluding carboxylic acids is 1. The van der Waals surface area contributed by atoms with E-state index in [4.69, 9.17) is 5.11 Å². The second-order valence-corrected chi connectivity index (χ2v) is 11.1. The van der Waals surface area contributed by atoms with Crippen molar-refractivity contribution >= 4 is 45.4 Å². The van der Waals surface area contributed by atoms with Gasteiger partial charge in [-0.05, 0) is 12.8 Å². The van der Waals surface area contributed by atoms with Crippen molar-refractivity contribution in [2.45, 2.75) is 32.1 Å². The van der Waals surface area contributed by atoms with Gasteiger partial charge in [-0.1, -0.05) is 84.8 Å². The molecule has 0 atom stereocenters. The van der Waals surface area contributed by atoms with Crippen molar-refractivity contribution in [2.24, 2.45) is 10.2 Å². The number of carboxylic acids is 1. The number of rotatable bonds is 13. The monoisotopic (exact) mass is 601 g/mol. The molecule has 1 amide bonds.